The number of nitrogens with two attached hydrogens (primary N) is 1. The molecule has 1 fully saturated rings. The average molecular weight is 664 g/mol. The lowest BCUT2D eigenvalue weighted by atomic mass is 10.2. The van der Waals surface area contributed by atoms with Crippen molar-refractivity contribution in [2.75, 3.05) is 18.9 Å². The standard InChI is InChI=1S/C21H27N6O13P3/c22-20-19-13(4-5-17(29)24-8-6-14-3-1-2-7-23-14)10-27(21(19)26-12-25-20)18-9-15(28)16(38-18)11-37-42(33,34)40-43(35,36)39-41(30,31)32/h1-5,7,10,12,15-16,18,28H,6,8-9,11H2,(H,24,29)(H,33,34)(H,35,36)(H2,22,25,26)(H2,30,31,32)/t15?,16-,18-/m1/s1. The van der Waals surface area contributed by atoms with Crippen molar-refractivity contribution < 1.29 is 61.1 Å². The zero-order valence-corrected chi connectivity index (χ0v) is 24.6. The van der Waals surface area contributed by atoms with Crippen molar-refractivity contribution in [2.45, 2.75) is 31.3 Å². The minimum Gasteiger partial charge on any atom is -0.390 e. The van der Waals surface area contributed by atoms with Crippen LogP contribution in [-0.2, 0) is 42.8 Å². The largest absolute Gasteiger partial charge is 0.490 e. The molecule has 19 nitrogen and oxygen atoms in total. The molecule has 1 saturated heterocycles. The van der Waals surface area contributed by atoms with Crippen LogP contribution in [0, 0.1) is 0 Å². The number of phosphoric acid groups is 3. The predicted molar refractivity (Wildman–Crippen MR) is 146 cm³/mol. The third-order valence-corrected chi connectivity index (χ3v) is 9.62. The van der Waals surface area contributed by atoms with E-state index < -0.39 is 48.5 Å². The number of pyridine rings is 1. The van der Waals surface area contributed by atoms with Crippen LogP contribution in [0.25, 0.3) is 17.1 Å². The van der Waals surface area contributed by atoms with Crippen LogP contribution < -0.4 is 11.1 Å². The predicted octanol–water partition coefficient (Wildman–Crippen LogP) is 0.772. The van der Waals surface area contributed by atoms with Crippen molar-refractivity contribution in [3.8, 4) is 0 Å². The van der Waals surface area contributed by atoms with Gasteiger partial charge in [0.1, 0.15) is 30.1 Å². The number of phosphoric ester groups is 1. The smallest absolute Gasteiger partial charge is 0.390 e. The fourth-order valence-corrected chi connectivity index (χ4v) is 7.10. The molecule has 22 heteroatoms. The van der Waals surface area contributed by atoms with E-state index in [0.29, 0.717) is 23.9 Å². The van der Waals surface area contributed by atoms with Crippen molar-refractivity contribution >= 4 is 52.3 Å². The number of aliphatic hydroxyl groups is 1. The van der Waals surface area contributed by atoms with Crippen LogP contribution in [0.3, 0.4) is 0 Å². The van der Waals surface area contributed by atoms with Crippen LogP contribution in [0.1, 0.15) is 23.9 Å². The van der Waals surface area contributed by atoms with Crippen LogP contribution in [-0.4, -0.2) is 75.5 Å². The summed E-state index contributed by atoms with van der Waals surface area (Å²) in [4.78, 5) is 61.0. The van der Waals surface area contributed by atoms with Gasteiger partial charge in [0, 0.05) is 49.1 Å². The molecular weight excluding hydrogens is 637 g/mol. The number of aromatic nitrogens is 4. The number of carbonyl (C=O) groups excluding carboxylic acids is 1. The molecule has 5 atom stereocenters. The first-order chi connectivity index (χ1) is 20.1. The van der Waals surface area contributed by atoms with Gasteiger partial charge >= 0.3 is 23.5 Å². The Morgan fingerprint density at radius 3 is 2.60 bits per heavy atom. The van der Waals surface area contributed by atoms with Gasteiger partial charge in [0.05, 0.1) is 18.1 Å². The molecule has 1 aliphatic rings. The second kappa shape index (κ2) is 13.4. The SMILES string of the molecule is Nc1ncnc2c1c(C=CC(=O)NCCc1ccccn1)cn2[C@H]1CC(O)[C@@H](COP(=O)(O)OP(=O)(O)OP(=O)(O)O)O1. The minimum atomic E-state index is -5.71. The number of hydrogen-bond donors (Lipinski definition) is 7. The van der Waals surface area contributed by atoms with Crippen molar-refractivity contribution in [1.29, 1.82) is 0 Å². The summed E-state index contributed by atoms with van der Waals surface area (Å²) in [5, 5.41) is 13.6. The number of fused-ring (bicyclic) bond motifs is 1. The van der Waals surface area contributed by atoms with Crippen molar-refractivity contribution in [3.63, 3.8) is 0 Å². The van der Waals surface area contributed by atoms with Crippen LogP contribution in [0.4, 0.5) is 5.82 Å². The molecule has 3 aromatic heterocycles. The van der Waals surface area contributed by atoms with Crippen molar-refractivity contribution in [3.05, 3.63) is 54.3 Å². The van der Waals surface area contributed by atoms with Crippen LogP contribution in [0.2, 0.25) is 0 Å². The van der Waals surface area contributed by atoms with E-state index in [2.05, 4.69) is 33.4 Å². The maximum absolute atomic E-state index is 12.4. The summed E-state index contributed by atoms with van der Waals surface area (Å²) in [6.45, 7) is -0.494. The lowest BCUT2D eigenvalue weighted by Crippen LogP contribution is -2.26. The van der Waals surface area contributed by atoms with E-state index in [1.807, 2.05) is 12.1 Å². The third-order valence-electron chi connectivity index (χ3n) is 5.82. The number of aliphatic hydroxyl groups excluding tert-OH is 1. The Kier molecular flexibility index (Phi) is 10.3. The summed E-state index contributed by atoms with van der Waals surface area (Å²) in [5.74, 6) is -0.284. The monoisotopic (exact) mass is 664 g/mol. The molecule has 4 heterocycles. The number of ether oxygens (including phenoxy) is 1. The first-order valence-electron chi connectivity index (χ1n) is 12.2. The number of amides is 1. The molecule has 43 heavy (non-hydrogen) atoms. The molecule has 3 aromatic rings. The fourth-order valence-electron chi connectivity index (χ4n) is 4.07. The van der Waals surface area contributed by atoms with Crippen LogP contribution in [0.5, 0.6) is 0 Å². The Bertz CT molecular complexity index is 1630. The lowest BCUT2D eigenvalue weighted by Gasteiger charge is -2.19. The van der Waals surface area contributed by atoms with Gasteiger partial charge in [0.25, 0.3) is 0 Å². The summed E-state index contributed by atoms with van der Waals surface area (Å²) in [6.07, 6.45) is 4.18. The summed E-state index contributed by atoms with van der Waals surface area (Å²) in [7, 11) is -16.7. The number of anilines is 1. The van der Waals surface area contributed by atoms with Crippen LogP contribution >= 0.6 is 23.5 Å². The van der Waals surface area contributed by atoms with Gasteiger partial charge in [-0.3, -0.25) is 14.3 Å². The Hall–Kier alpha value is -2.89. The average Bonchev–Trinajstić information content (AvgIpc) is 3.45. The highest BCUT2D eigenvalue weighted by Crippen LogP contribution is 2.66. The molecule has 1 amide bonds. The summed E-state index contributed by atoms with van der Waals surface area (Å²) in [6, 6.07) is 5.48. The number of nitrogens with one attached hydrogen (secondary N) is 1. The van der Waals surface area contributed by atoms with E-state index >= 15 is 0 Å². The van der Waals surface area contributed by atoms with E-state index in [9.17, 15) is 33.4 Å². The Morgan fingerprint density at radius 2 is 1.91 bits per heavy atom. The number of nitrogen functional groups attached to an aromatic ring is 1. The Balaban J connectivity index is 1.42. The zero-order valence-electron chi connectivity index (χ0n) is 21.9. The number of hydrogen-bond acceptors (Lipinski definition) is 13. The van der Waals surface area contributed by atoms with E-state index in [1.165, 1.54) is 23.0 Å². The molecule has 3 unspecified atom stereocenters. The molecule has 0 saturated carbocycles. The first kappa shape index (κ1) is 33.0. The molecule has 0 aromatic carbocycles. The molecule has 1 aliphatic heterocycles. The number of nitrogens with zero attached hydrogens (tertiary/aromatic N) is 4. The number of rotatable bonds is 13. The Morgan fingerprint density at radius 1 is 1.14 bits per heavy atom. The van der Waals surface area contributed by atoms with Gasteiger partial charge in [-0.25, -0.2) is 23.7 Å². The Labute approximate surface area is 242 Å². The molecular formula is C21H27N6O13P3. The van der Waals surface area contributed by atoms with E-state index in [0.717, 1.165) is 5.69 Å². The van der Waals surface area contributed by atoms with Gasteiger partial charge in [-0.15, -0.1) is 0 Å². The maximum Gasteiger partial charge on any atom is 0.490 e. The van der Waals surface area contributed by atoms with Gasteiger partial charge in [-0.1, -0.05) is 6.07 Å². The van der Waals surface area contributed by atoms with Crippen molar-refractivity contribution in [1.82, 2.24) is 24.8 Å². The highest BCUT2D eigenvalue weighted by molar-refractivity contribution is 7.66. The molecule has 0 spiro atoms. The minimum absolute atomic E-state index is 0.0741. The van der Waals surface area contributed by atoms with Crippen LogP contribution in [0.15, 0.2) is 43.0 Å². The normalized spacial score (nSPS) is 22.0. The third kappa shape index (κ3) is 9.30. The molecule has 234 valence electrons. The highest BCUT2D eigenvalue weighted by Gasteiger charge is 2.43. The van der Waals surface area contributed by atoms with Gasteiger partial charge in [-0.2, -0.15) is 8.62 Å². The quantitative estimate of drug-likeness (QED) is 0.0981. The number of carbonyl (C=O) groups is 1. The van der Waals surface area contributed by atoms with Gasteiger partial charge in [0.2, 0.25) is 5.91 Å². The summed E-state index contributed by atoms with van der Waals surface area (Å²) in [5.41, 5.74) is 7.62. The van der Waals surface area contributed by atoms with Gasteiger partial charge < -0.3 is 45.0 Å². The summed E-state index contributed by atoms with van der Waals surface area (Å²) < 4.78 is 53.5. The van der Waals surface area contributed by atoms with Crippen molar-refractivity contribution in [2.24, 2.45) is 0 Å². The molecule has 4 rings (SSSR count). The van der Waals surface area contributed by atoms with Gasteiger partial charge in [0.15, 0.2) is 0 Å². The topological polar surface area (TPSA) is 288 Å². The second-order valence-electron chi connectivity index (χ2n) is 8.96. The molecule has 0 bridgehead atoms. The fraction of sp³-hybridized carbons (Fsp3) is 0.333. The lowest BCUT2D eigenvalue weighted by molar-refractivity contribution is -0.116. The summed E-state index contributed by atoms with van der Waals surface area (Å²) >= 11 is 0. The molecule has 8 N–H and O–H groups in total. The second-order valence-corrected chi connectivity index (χ2v) is 13.4. The molecule has 0 radical (unpaired) electrons. The molecule has 0 aliphatic carbocycles. The zero-order chi connectivity index (χ0) is 31.4. The highest BCUT2D eigenvalue weighted by atomic mass is 31.3. The maximum atomic E-state index is 12.4. The van der Waals surface area contributed by atoms with Gasteiger partial charge in [-0.05, 0) is 18.2 Å². The van der Waals surface area contributed by atoms with E-state index in [1.54, 1.807) is 18.5 Å². The van der Waals surface area contributed by atoms with E-state index in [-0.39, 0.29) is 23.8 Å². The van der Waals surface area contributed by atoms with E-state index in [4.69, 9.17) is 20.3 Å². The first-order valence-corrected chi connectivity index (χ1v) is 16.7.